The summed E-state index contributed by atoms with van der Waals surface area (Å²) in [6.45, 7) is 0.714. The molecule has 1 aromatic heterocycles. The molecule has 0 saturated carbocycles. The fraction of sp³-hybridized carbons (Fsp3) is 0.333. The number of amides is 1. The number of benzene rings is 1. The van der Waals surface area contributed by atoms with Crippen LogP contribution in [0.2, 0.25) is 5.02 Å². The van der Waals surface area contributed by atoms with Crippen LogP contribution in [0.1, 0.15) is 0 Å². The molecule has 0 aliphatic carbocycles. The van der Waals surface area contributed by atoms with Crippen LogP contribution in [0.3, 0.4) is 0 Å². The second kappa shape index (κ2) is 5.90. The van der Waals surface area contributed by atoms with E-state index >= 15 is 0 Å². The third kappa shape index (κ3) is 3.15. The zero-order valence-corrected chi connectivity index (χ0v) is 11.1. The molecule has 0 atom stereocenters. The molecule has 1 aromatic carbocycles. The molecular formula is C12H13ClN2O4. The molecule has 0 bridgehead atoms. The van der Waals surface area contributed by atoms with Crippen LogP contribution in [-0.2, 0) is 16.1 Å². The Morgan fingerprint density at radius 1 is 1.53 bits per heavy atom. The fourth-order valence-corrected chi connectivity index (χ4v) is 1.84. The molecule has 6 nitrogen and oxygen atoms in total. The van der Waals surface area contributed by atoms with E-state index in [1.165, 1.54) is 10.6 Å². The van der Waals surface area contributed by atoms with Crippen LogP contribution in [0.25, 0.3) is 11.1 Å². The van der Waals surface area contributed by atoms with E-state index in [4.69, 9.17) is 20.8 Å². The van der Waals surface area contributed by atoms with Crippen LogP contribution >= 0.6 is 11.6 Å². The number of nitrogens with zero attached hydrogens (tertiary/aromatic N) is 1. The second-order valence-corrected chi connectivity index (χ2v) is 4.35. The number of fused-ring (bicyclic) bond motifs is 1. The fourth-order valence-electron chi connectivity index (χ4n) is 1.68. The van der Waals surface area contributed by atoms with E-state index in [9.17, 15) is 9.59 Å². The van der Waals surface area contributed by atoms with Gasteiger partial charge in [0.2, 0.25) is 5.91 Å². The monoisotopic (exact) mass is 284 g/mol. The van der Waals surface area contributed by atoms with Crippen LogP contribution in [0.15, 0.2) is 27.4 Å². The number of halogens is 1. The highest BCUT2D eigenvalue weighted by Gasteiger charge is 2.12. The number of oxazole rings is 1. The Morgan fingerprint density at radius 3 is 3.05 bits per heavy atom. The van der Waals surface area contributed by atoms with Crippen LogP contribution in [0.4, 0.5) is 0 Å². The summed E-state index contributed by atoms with van der Waals surface area (Å²) in [5.41, 5.74) is 0.901. The largest absolute Gasteiger partial charge is 0.420 e. The van der Waals surface area contributed by atoms with Gasteiger partial charge in [0.15, 0.2) is 5.58 Å². The van der Waals surface area contributed by atoms with Crippen molar-refractivity contribution in [3.8, 4) is 0 Å². The molecule has 2 rings (SSSR count). The molecular weight excluding hydrogens is 272 g/mol. The molecule has 0 aliphatic heterocycles. The maximum absolute atomic E-state index is 11.7. The highest BCUT2D eigenvalue weighted by molar-refractivity contribution is 6.31. The first kappa shape index (κ1) is 13.6. The van der Waals surface area contributed by atoms with E-state index < -0.39 is 5.76 Å². The van der Waals surface area contributed by atoms with Gasteiger partial charge in [0.05, 0.1) is 12.1 Å². The Kier molecular flexibility index (Phi) is 4.24. The highest BCUT2D eigenvalue weighted by atomic mass is 35.5. The number of rotatable bonds is 5. The minimum absolute atomic E-state index is 0.100. The summed E-state index contributed by atoms with van der Waals surface area (Å²) in [6.07, 6.45) is 0. The van der Waals surface area contributed by atoms with Crippen molar-refractivity contribution in [2.75, 3.05) is 20.3 Å². The van der Waals surface area contributed by atoms with Gasteiger partial charge in [-0.25, -0.2) is 4.79 Å². The van der Waals surface area contributed by atoms with Gasteiger partial charge in [-0.1, -0.05) is 11.6 Å². The number of carbonyl (C=O) groups is 1. The minimum atomic E-state index is -0.584. The van der Waals surface area contributed by atoms with Gasteiger partial charge < -0.3 is 14.5 Å². The first-order valence-corrected chi connectivity index (χ1v) is 6.04. The summed E-state index contributed by atoms with van der Waals surface area (Å²) in [5, 5.41) is 3.10. The third-order valence-corrected chi connectivity index (χ3v) is 2.80. The highest BCUT2D eigenvalue weighted by Crippen LogP contribution is 2.18. The molecule has 1 amide bonds. The number of aromatic nitrogens is 1. The molecule has 0 saturated heterocycles. The summed E-state index contributed by atoms with van der Waals surface area (Å²) in [4.78, 5) is 23.3. The quantitative estimate of drug-likeness (QED) is 0.832. The average Bonchev–Trinajstić information content (AvgIpc) is 2.65. The van der Waals surface area contributed by atoms with E-state index in [0.29, 0.717) is 29.3 Å². The Labute approximate surface area is 113 Å². The van der Waals surface area contributed by atoms with Crippen molar-refractivity contribution in [1.29, 1.82) is 0 Å². The van der Waals surface area contributed by atoms with E-state index in [1.54, 1.807) is 19.2 Å². The van der Waals surface area contributed by atoms with Gasteiger partial charge >= 0.3 is 5.76 Å². The number of methoxy groups -OCH3 is 1. The average molecular weight is 285 g/mol. The van der Waals surface area contributed by atoms with E-state index in [1.807, 2.05) is 0 Å². The predicted octanol–water partition coefficient (Wildman–Crippen LogP) is 1.01. The van der Waals surface area contributed by atoms with Crippen LogP contribution in [-0.4, -0.2) is 30.7 Å². The van der Waals surface area contributed by atoms with Crippen LogP contribution < -0.4 is 11.1 Å². The van der Waals surface area contributed by atoms with E-state index in [0.717, 1.165) is 0 Å². The number of hydrogen-bond donors (Lipinski definition) is 1. The van der Waals surface area contributed by atoms with Crippen molar-refractivity contribution in [2.24, 2.45) is 0 Å². The minimum Gasteiger partial charge on any atom is -0.408 e. The summed E-state index contributed by atoms with van der Waals surface area (Å²) in [6, 6.07) is 4.82. The Hall–Kier alpha value is -1.79. The van der Waals surface area contributed by atoms with E-state index in [-0.39, 0.29) is 12.5 Å². The molecule has 102 valence electrons. The summed E-state index contributed by atoms with van der Waals surface area (Å²) >= 11 is 5.81. The number of nitrogens with one attached hydrogen (secondary N) is 1. The first-order chi connectivity index (χ1) is 9.11. The van der Waals surface area contributed by atoms with Gasteiger partial charge in [-0.05, 0) is 12.1 Å². The molecule has 0 spiro atoms. The van der Waals surface area contributed by atoms with E-state index in [2.05, 4.69) is 5.32 Å². The van der Waals surface area contributed by atoms with Crippen molar-refractivity contribution in [1.82, 2.24) is 9.88 Å². The summed E-state index contributed by atoms with van der Waals surface area (Å²) < 4.78 is 11.1. The maximum atomic E-state index is 11.7. The van der Waals surface area contributed by atoms with Crippen LogP contribution in [0.5, 0.6) is 0 Å². The molecule has 0 unspecified atom stereocenters. The molecule has 0 aliphatic rings. The van der Waals surface area contributed by atoms with Gasteiger partial charge in [0, 0.05) is 24.7 Å². The van der Waals surface area contributed by atoms with Crippen molar-refractivity contribution in [3.63, 3.8) is 0 Å². The third-order valence-electron chi connectivity index (χ3n) is 2.56. The maximum Gasteiger partial charge on any atom is 0.420 e. The van der Waals surface area contributed by atoms with Gasteiger partial charge in [0.25, 0.3) is 0 Å². The normalized spacial score (nSPS) is 10.8. The van der Waals surface area contributed by atoms with Gasteiger partial charge in [-0.3, -0.25) is 9.36 Å². The van der Waals surface area contributed by atoms with Crippen molar-refractivity contribution in [3.05, 3.63) is 33.8 Å². The lowest BCUT2D eigenvalue weighted by molar-refractivity contribution is -0.121. The summed E-state index contributed by atoms with van der Waals surface area (Å²) in [5.74, 6) is -0.865. The molecule has 19 heavy (non-hydrogen) atoms. The second-order valence-electron chi connectivity index (χ2n) is 3.91. The zero-order valence-electron chi connectivity index (χ0n) is 10.3. The van der Waals surface area contributed by atoms with Crippen LogP contribution in [0, 0.1) is 0 Å². The molecule has 0 fully saturated rings. The van der Waals surface area contributed by atoms with Crippen molar-refractivity contribution < 1.29 is 13.9 Å². The van der Waals surface area contributed by atoms with Gasteiger partial charge in [-0.2, -0.15) is 0 Å². The Balaban J connectivity index is 2.18. The number of ether oxygens (including phenoxy) is 1. The smallest absolute Gasteiger partial charge is 0.408 e. The SMILES string of the molecule is COCCNC(=O)Cn1c(=O)oc2cc(Cl)ccc21. The summed E-state index contributed by atoms with van der Waals surface area (Å²) in [7, 11) is 1.55. The molecule has 2 aromatic rings. The standard InChI is InChI=1S/C12H13ClN2O4/c1-18-5-4-14-11(16)7-15-9-3-2-8(13)6-10(9)19-12(15)17/h2-3,6H,4-5,7H2,1H3,(H,14,16). The number of hydrogen-bond acceptors (Lipinski definition) is 4. The molecule has 1 N–H and O–H groups in total. The first-order valence-electron chi connectivity index (χ1n) is 5.66. The zero-order chi connectivity index (χ0) is 13.8. The lowest BCUT2D eigenvalue weighted by Gasteiger charge is -2.04. The van der Waals surface area contributed by atoms with Crippen molar-refractivity contribution in [2.45, 2.75) is 6.54 Å². The lowest BCUT2D eigenvalue weighted by atomic mass is 10.3. The molecule has 0 radical (unpaired) electrons. The Bertz CT molecular complexity index is 647. The Morgan fingerprint density at radius 2 is 2.32 bits per heavy atom. The van der Waals surface area contributed by atoms with Gasteiger partial charge in [0.1, 0.15) is 6.54 Å². The number of carbonyl (C=O) groups excluding carboxylic acids is 1. The molecule has 7 heteroatoms. The topological polar surface area (TPSA) is 73.5 Å². The van der Waals surface area contributed by atoms with Gasteiger partial charge in [-0.15, -0.1) is 0 Å². The lowest BCUT2D eigenvalue weighted by Crippen LogP contribution is -2.32. The predicted molar refractivity (Wildman–Crippen MR) is 70.4 cm³/mol. The molecule has 1 heterocycles. The van der Waals surface area contributed by atoms with Crippen molar-refractivity contribution >= 4 is 28.6 Å².